The Kier molecular flexibility index (Phi) is 5.29. The van der Waals surface area contributed by atoms with Gasteiger partial charge in [-0.25, -0.2) is 0 Å². The summed E-state index contributed by atoms with van der Waals surface area (Å²) in [5.41, 5.74) is 6.78. The zero-order chi connectivity index (χ0) is 12.7. The monoisotopic (exact) mass is 238 g/mol. The predicted molar refractivity (Wildman–Crippen MR) is 66.2 cm³/mol. The number of ether oxygens (including phenoxy) is 2. The molecule has 0 spiro atoms. The molecular weight excluding hydrogens is 220 g/mol. The van der Waals surface area contributed by atoms with Crippen molar-refractivity contribution in [3.63, 3.8) is 0 Å². The van der Waals surface area contributed by atoms with Gasteiger partial charge in [0.1, 0.15) is 5.75 Å². The molecule has 1 rings (SSSR count). The van der Waals surface area contributed by atoms with Gasteiger partial charge in [0.15, 0.2) is 0 Å². The first-order valence-corrected chi connectivity index (χ1v) is 5.48. The quantitative estimate of drug-likeness (QED) is 0.573. The molecule has 0 aliphatic rings. The average Bonchev–Trinajstić information content (AvgIpc) is 2.32. The highest BCUT2D eigenvalue weighted by Gasteiger charge is 2.08. The summed E-state index contributed by atoms with van der Waals surface area (Å²) in [6.07, 6.45) is 0. The van der Waals surface area contributed by atoms with E-state index in [1.807, 2.05) is 6.92 Å². The Balaban J connectivity index is 2.70. The number of hydrogen-bond donors (Lipinski definition) is 2. The standard InChI is InChI=1S/C12H18N2O3/c1-3-17-11-8-9(4-5-10(11)13)12(15)14-6-7-16-2/h4-5,8H,3,6-7,13H2,1-2H3,(H,14,15). The number of hydrogen-bond acceptors (Lipinski definition) is 4. The lowest BCUT2D eigenvalue weighted by Crippen LogP contribution is -2.26. The first kappa shape index (κ1) is 13.3. The summed E-state index contributed by atoms with van der Waals surface area (Å²) in [6, 6.07) is 4.97. The Morgan fingerprint density at radius 3 is 2.88 bits per heavy atom. The number of benzene rings is 1. The number of amides is 1. The molecule has 1 aromatic rings. The summed E-state index contributed by atoms with van der Waals surface area (Å²) in [4.78, 5) is 11.7. The Labute approximate surface area is 101 Å². The van der Waals surface area contributed by atoms with Gasteiger partial charge in [0.25, 0.3) is 5.91 Å². The van der Waals surface area contributed by atoms with Crippen molar-refractivity contribution in [2.75, 3.05) is 32.6 Å². The van der Waals surface area contributed by atoms with Crippen LogP contribution in [0, 0.1) is 0 Å². The van der Waals surface area contributed by atoms with Crippen molar-refractivity contribution in [2.24, 2.45) is 0 Å². The molecular formula is C12H18N2O3. The normalized spacial score (nSPS) is 10.0. The predicted octanol–water partition coefficient (Wildman–Crippen LogP) is 1.04. The van der Waals surface area contributed by atoms with E-state index in [2.05, 4.69) is 5.32 Å². The van der Waals surface area contributed by atoms with Gasteiger partial charge < -0.3 is 20.5 Å². The van der Waals surface area contributed by atoms with Crippen molar-refractivity contribution >= 4 is 11.6 Å². The summed E-state index contributed by atoms with van der Waals surface area (Å²) < 4.78 is 10.2. The van der Waals surface area contributed by atoms with Crippen LogP contribution in [0.1, 0.15) is 17.3 Å². The van der Waals surface area contributed by atoms with E-state index >= 15 is 0 Å². The third-order valence-electron chi connectivity index (χ3n) is 2.17. The van der Waals surface area contributed by atoms with Crippen LogP contribution < -0.4 is 15.8 Å². The minimum absolute atomic E-state index is 0.164. The maximum Gasteiger partial charge on any atom is 0.251 e. The van der Waals surface area contributed by atoms with Crippen molar-refractivity contribution in [3.05, 3.63) is 23.8 Å². The molecule has 0 saturated heterocycles. The Morgan fingerprint density at radius 2 is 2.24 bits per heavy atom. The number of anilines is 1. The number of nitrogens with two attached hydrogens (primary N) is 1. The Hall–Kier alpha value is -1.75. The van der Waals surface area contributed by atoms with Crippen LogP contribution >= 0.6 is 0 Å². The van der Waals surface area contributed by atoms with Crippen LogP contribution in [-0.2, 0) is 4.74 Å². The van der Waals surface area contributed by atoms with Crippen LogP contribution in [0.3, 0.4) is 0 Å². The van der Waals surface area contributed by atoms with Crippen LogP contribution in [0.4, 0.5) is 5.69 Å². The largest absolute Gasteiger partial charge is 0.492 e. The van der Waals surface area contributed by atoms with Gasteiger partial charge in [-0.1, -0.05) is 0 Å². The smallest absolute Gasteiger partial charge is 0.251 e. The van der Waals surface area contributed by atoms with E-state index in [0.717, 1.165) is 0 Å². The van der Waals surface area contributed by atoms with E-state index in [-0.39, 0.29) is 5.91 Å². The molecule has 0 aliphatic heterocycles. The summed E-state index contributed by atoms with van der Waals surface area (Å²) in [6.45, 7) is 3.34. The third kappa shape index (κ3) is 3.96. The summed E-state index contributed by atoms with van der Waals surface area (Å²) >= 11 is 0. The van der Waals surface area contributed by atoms with Crippen LogP contribution in [0.15, 0.2) is 18.2 Å². The molecule has 0 radical (unpaired) electrons. The molecule has 1 amide bonds. The van der Waals surface area contributed by atoms with Crippen molar-refractivity contribution in [3.8, 4) is 5.75 Å². The molecule has 5 heteroatoms. The maximum absolute atomic E-state index is 11.7. The number of nitrogens with one attached hydrogen (secondary N) is 1. The van der Waals surface area contributed by atoms with Gasteiger partial charge in [0, 0.05) is 19.2 Å². The fourth-order valence-electron chi connectivity index (χ4n) is 1.32. The molecule has 0 aromatic heterocycles. The zero-order valence-corrected chi connectivity index (χ0v) is 10.2. The number of methoxy groups -OCH3 is 1. The van der Waals surface area contributed by atoms with E-state index in [4.69, 9.17) is 15.2 Å². The highest BCUT2D eigenvalue weighted by atomic mass is 16.5. The highest BCUT2D eigenvalue weighted by molar-refractivity contribution is 5.95. The molecule has 0 aliphatic carbocycles. The van der Waals surface area contributed by atoms with E-state index in [1.165, 1.54) is 0 Å². The van der Waals surface area contributed by atoms with E-state index in [0.29, 0.717) is 36.8 Å². The summed E-state index contributed by atoms with van der Waals surface area (Å²) in [7, 11) is 1.59. The Morgan fingerprint density at radius 1 is 1.47 bits per heavy atom. The lowest BCUT2D eigenvalue weighted by molar-refractivity contribution is 0.0936. The van der Waals surface area contributed by atoms with Crippen LogP contribution in [0.2, 0.25) is 0 Å². The second kappa shape index (κ2) is 6.75. The van der Waals surface area contributed by atoms with Crippen LogP contribution in [-0.4, -0.2) is 32.8 Å². The van der Waals surface area contributed by atoms with Gasteiger partial charge in [0.2, 0.25) is 0 Å². The molecule has 5 nitrogen and oxygen atoms in total. The molecule has 0 unspecified atom stereocenters. The van der Waals surface area contributed by atoms with E-state index in [9.17, 15) is 4.79 Å². The molecule has 0 fully saturated rings. The summed E-state index contributed by atoms with van der Waals surface area (Å²) in [5, 5.41) is 2.73. The van der Waals surface area contributed by atoms with Crippen molar-refractivity contribution in [1.82, 2.24) is 5.32 Å². The van der Waals surface area contributed by atoms with Gasteiger partial charge in [-0.3, -0.25) is 4.79 Å². The van der Waals surface area contributed by atoms with Crippen molar-refractivity contribution in [1.29, 1.82) is 0 Å². The second-order valence-corrected chi connectivity index (χ2v) is 3.43. The molecule has 1 aromatic carbocycles. The van der Waals surface area contributed by atoms with E-state index < -0.39 is 0 Å². The minimum Gasteiger partial charge on any atom is -0.492 e. The lowest BCUT2D eigenvalue weighted by Gasteiger charge is -2.09. The highest BCUT2D eigenvalue weighted by Crippen LogP contribution is 2.22. The van der Waals surface area contributed by atoms with Gasteiger partial charge in [-0.15, -0.1) is 0 Å². The number of nitrogen functional groups attached to an aromatic ring is 1. The van der Waals surface area contributed by atoms with Crippen molar-refractivity contribution in [2.45, 2.75) is 6.92 Å². The van der Waals surface area contributed by atoms with Gasteiger partial charge >= 0.3 is 0 Å². The molecule has 17 heavy (non-hydrogen) atoms. The topological polar surface area (TPSA) is 73.6 Å². The van der Waals surface area contributed by atoms with Gasteiger partial charge in [-0.05, 0) is 25.1 Å². The number of carbonyl (C=O) groups is 1. The second-order valence-electron chi connectivity index (χ2n) is 3.43. The molecule has 3 N–H and O–H groups in total. The van der Waals surface area contributed by atoms with Crippen LogP contribution in [0.25, 0.3) is 0 Å². The zero-order valence-electron chi connectivity index (χ0n) is 10.2. The first-order valence-electron chi connectivity index (χ1n) is 5.48. The van der Waals surface area contributed by atoms with Gasteiger partial charge in [0.05, 0.1) is 18.9 Å². The number of carbonyl (C=O) groups excluding carboxylic acids is 1. The Bertz CT molecular complexity index is 380. The molecule has 0 bridgehead atoms. The maximum atomic E-state index is 11.7. The van der Waals surface area contributed by atoms with E-state index in [1.54, 1.807) is 25.3 Å². The molecule has 0 heterocycles. The minimum atomic E-state index is -0.164. The third-order valence-corrected chi connectivity index (χ3v) is 2.17. The fraction of sp³-hybridized carbons (Fsp3) is 0.417. The van der Waals surface area contributed by atoms with Crippen LogP contribution in [0.5, 0.6) is 5.75 Å². The van der Waals surface area contributed by atoms with Gasteiger partial charge in [-0.2, -0.15) is 0 Å². The average molecular weight is 238 g/mol. The molecule has 0 saturated carbocycles. The summed E-state index contributed by atoms with van der Waals surface area (Å²) in [5.74, 6) is 0.370. The fourth-order valence-corrected chi connectivity index (χ4v) is 1.32. The first-order chi connectivity index (χ1) is 8.19. The van der Waals surface area contributed by atoms with Crippen molar-refractivity contribution < 1.29 is 14.3 Å². The molecule has 94 valence electrons. The lowest BCUT2D eigenvalue weighted by atomic mass is 10.2. The number of rotatable bonds is 6. The SMILES string of the molecule is CCOc1cc(C(=O)NCCOC)ccc1N. The molecule has 0 atom stereocenters.